The molecule has 0 bridgehead atoms. The van der Waals surface area contributed by atoms with E-state index in [-0.39, 0.29) is 17.6 Å². The summed E-state index contributed by atoms with van der Waals surface area (Å²) in [4.78, 5) is 0. The fraction of sp³-hybridized carbons (Fsp3) is 0.294. The molecule has 0 saturated carbocycles. The molecule has 2 N–H and O–H groups in total. The van der Waals surface area contributed by atoms with Crippen molar-refractivity contribution < 1.29 is 14.2 Å². The monoisotopic (exact) mass is 289 g/mol. The molecule has 1 atom stereocenters. The lowest BCUT2D eigenvalue weighted by molar-refractivity contribution is 0.372. The topological polar surface area (TPSA) is 41.5 Å². The van der Waals surface area contributed by atoms with Gasteiger partial charge in [-0.05, 0) is 48.7 Å². The van der Waals surface area contributed by atoms with Crippen LogP contribution in [0.3, 0.4) is 0 Å². The summed E-state index contributed by atoms with van der Waals surface area (Å²) in [5, 5.41) is 12.9. The molecular formula is C17H20FNO2. The van der Waals surface area contributed by atoms with Crippen LogP contribution in [0.15, 0.2) is 36.4 Å². The molecule has 2 aromatic carbocycles. The molecule has 0 fully saturated rings. The van der Waals surface area contributed by atoms with Gasteiger partial charge in [0, 0.05) is 12.6 Å². The van der Waals surface area contributed by atoms with Crippen LogP contribution in [-0.4, -0.2) is 12.2 Å². The standard InChI is InChI=1S/C17H20FNO2/c1-11-4-6-14(9-15(11)18)12(2)19-10-13-5-7-16(20)17(8-13)21-3/h4-9,12,19-20H,10H2,1-3H3. The number of phenols is 1. The summed E-state index contributed by atoms with van der Waals surface area (Å²) >= 11 is 0. The first-order chi connectivity index (χ1) is 10.0. The smallest absolute Gasteiger partial charge is 0.160 e. The quantitative estimate of drug-likeness (QED) is 0.882. The fourth-order valence-electron chi connectivity index (χ4n) is 2.10. The molecule has 0 spiro atoms. The number of aromatic hydroxyl groups is 1. The third kappa shape index (κ3) is 3.73. The van der Waals surface area contributed by atoms with Gasteiger partial charge in [-0.3, -0.25) is 0 Å². The van der Waals surface area contributed by atoms with E-state index >= 15 is 0 Å². The van der Waals surface area contributed by atoms with E-state index in [1.54, 1.807) is 31.2 Å². The predicted molar refractivity (Wildman–Crippen MR) is 81.1 cm³/mol. The van der Waals surface area contributed by atoms with Crippen molar-refractivity contribution in [2.75, 3.05) is 7.11 Å². The van der Waals surface area contributed by atoms with Crippen LogP contribution in [0.25, 0.3) is 0 Å². The normalized spacial score (nSPS) is 12.2. The summed E-state index contributed by atoms with van der Waals surface area (Å²) in [6.45, 7) is 4.34. The lowest BCUT2D eigenvalue weighted by Gasteiger charge is -2.15. The van der Waals surface area contributed by atoms with Crippen LogP contribution in [0.2, 0.25) is 0 Å². The highest BCUT2D eigenvalue weighted by Gasteiger charge is 2.08. The van der Waals surface area contributed by atoms with Gasteiger partial charge >= 0.3 is 0 Å². The first kappa shape index (κ1) is 15.3. The number of rotatable bonds is 5. The molecule has 2 rings (SSSR count). The number of ether oxygens (including phenoxy) is 1. The fourth-order valence-corrected chi connectivity index (χ4v) is 2.10. The maximum atomic E-state index is 13.6. The van der Waals surface area contributed by atoms with Gasteiger partial charge in [0.15, 0.2) is 11.5 Å². The summed E-state index contributed by atoms with van der Waals surface area (Å²) in [5.41, 5.74) is 2.54. The molecule has 0 amide bonds. The van der Waals surface area contributed by atoms with Crippen molar-refractivity contribution in [1.29, 1.82) is 0 Å². The van der Waals surface area contributed by atoms with Crippen molar-refractivity contribution >= 4 is 0 Å². The molecule has 112 valence electrons. The first-order valence-electron chi connectivity index (χ1n) is 6.86. The van der Waals surface area contributed by atoms with E-state index in [2.05, 4.69) is 5.32 Å². The zero-order chi connectivity index (χ0) is 15.4. The molecule has 0 aromatic heterocycles. The third-order valence-corrected chi connectivity index (χ3v) is 3.55. The summed E-state index contributed by atoms with van der Waals surface area (Å²) in [5.74, 6) is 0.380. The van der Waals surface area contributed by atoms with Crippen LogP contribution in [0.4, 0.5) is 4.39 Å². The molecule has 4 heteroatoms. The van der Waals surface area contributed by atoms with Crippen molar-refractivity contribution in [2.24, 2.45) is 0 Å². The SMILES string of the molecule is COc1cc(CNC(C)c2ccc(C)c(F)c2)ccc1O. The lowest BCUT2D eigenvalue weighted by Crippen LogP contribution is -2.18. The van der Waals surface area contributed by atoms with E-state index in [0.717, 1.165) is 11.1 Å². The molecular weight excluding hydrogens is 269 g/mol. The number of methoxy groups -OCH3 is 1. The van der Waals surface area contributed by atoms with Gasteiger partial charge in [-0.1, -0.05) is 18.2 Å². The average Bonchev–Trinajstić information content (AvgIpc) is 2.48. The summed E-state index contributed by atoms with van der Waals surface area (Å²) < 4.78 is 18.7. The third-order valence-electron chi connectivity index (χ3n) is 3.55. The molecule has 0 saturated heterocycles. The molecule has 2 aromatic rings. The van der Waals surface area contributed by atoms with E-state index in [1.165, 1.54) is 7.11 Å². The van der Waals surface area contributed by atoms with Gasteiger partial charge in [-0.2, -0.15) is 0 Å². The molecule has 0 aliphatic rings. The van der Waals surface area contributed by atoms with Gasteiger partial charge < -0.3 is 15.2 Å². The number of nitrogens with one attached hydrogen (secondary N) is 1. The number of phenolic OH excluding ortho intramolecular Hbond substituents is 1. The number of benzene rings is 2. The molecule has 0 aliphatic carbocycles. The van der Waals surface area contributed by atoms with Gasteiger partial charge in [-0.25, -0.2) is 4.39 Å². The second-order valence-corrected chi connectivity index (χ2v) is 5.12. The van der Waals surface area contributed by atoms with Crippen LogP contribution in [0.5, 0.6) is 11.5 Å². The highest BCUT2D eigenvalue weighted by Crippen LogP contribution is 2.26. The van der Waals surface area contributed by atoms with Crippen molar-refractivity contribution in [1.82, 2.24) is 5.32 Å². The summed E-state index contributed by atoms with van der Waals surface area (Å²) in [7, 11) is 1.52. The zero-order valence-electron chi connectivity index (χ0n) is 12.5. The Morgan fingerprint density at radius 1 is 1.24 bits per heavy atom. The minimum atomic E-state index is -0.188. The Morgan fingerprint density at radius 2 is 2.00 bits per heavy atom. The van der Waals surface area contributed by atoms with Gasteiger partial charge in [0.2, 0.25) is 0 Å². The molecule has 0 aliphatic heterocycles. The molecule has 0 heterocycles. The van der Waals surface area contributed by atoms with E-state index in [4.69, 9.17) is 4.74 Å². The minimum Gasteiger partial charge on any atom is -0.504 e. The number of aryl methyl sites for hydroxylation is 1. The minimum absolute atomic E-state index is 0.0277. The van der Waals surface area contributed by atoms with E-state index in [1.807, 2.05) is 19.1 Å². The highest BCUT2D eigenvalue weighted by molar-refractivity contribution is 5.41. The highest BCUT2D eigenvalue weighted by atomic mass is 19.1. The van der Waals surface area contributed by atoms with Gasteiger partial charge in [-0.15, -0.1) is 0 Å². The molecule has 3 nitrogen and oxygen atoms in total. The van der Waals surface area contributed by atoms with Crippen molar-refractivity contribution in [2.45, 2.75) is 26.4 Å². The van der Waals surface area contributed by atoms with Crippen LogP contribution >= 0.6 is 0 Å². The van der Waals surface area contributed by atoms with E-state index < -0.39 is 0 Å². The van der Waals surface area contributed by atoms with Crippen LogP contribution in [0.1, 0.15) is 29.7 Å². The Bertz CT molecular complexity index is 628. The summed E-state index contributed by atoms with van der Waals surface area (Å²) in [6, 6.07) is 10.5. The van der Waals surface area contributed by atoms with Crippen LogP contribution in [-0.2, 0) is 6.54 Å². The first-order valence-corrected chi connectivity index (χ1v) is 6.86. The summed E-state index contributed by atoms with van der Waals surface area (Å²) in [6.07, 6.45) is 0. The second-order valence-electron chi connectivity index (χ2n) is 5.12. The number of hydrogen-bond acceptors (Lipinski definition) is 3. The Labute approximate surface area is 124 Å². The van der Waals surface area contributed by atoms with Gasteiger partial charge in [0.25, 0.3) is 0 Å². The molecule has 0 radical (unpaired) electrons. The largest absolute Gasteiger partial charge is 0.504 e. The van der Waals surface area contributed by atoms with Gasteiger partial charge in [0.1, 0.15) is 5.82 Å². The van der Waals surface area contributed by atoms with E-state index in [0.29, 0.717) is 17.9 Å². The molecule has 1 unspecified atom stereocenters. The number of hydrogen-bond donors (Lipinski definition) is 2. The lowest BCUT2D eigenvalue weighted by atomic mass is 10.1. The molecule has 21 heavy (non-hydrogen) atoms. The Morgan fingerprint density at radius 3 is 2.67 bits per heavy atom. The van der Waals surface area contributed by atoms with Gasteiger partial charge in [0.05, 0.1) is 7.11 Å². The Kier molecular flexibility index (Phi) is 4.81. The second kappa shape index (κ2) is 6.59. The Hall–Kier alpha value is -2.07. The van der Waals surface area contributed by atoms with Crippen LogP contribution < -0.4 is 10.1 Å². The van der Waals surface area contributed by atoms with Crippen molar-refractivity contribution in [3.63, 3.8) is 0 Å². The zero-order valence-corrected chi connectivity index (χ0v) is 12.5. The predicted octanol–water partition coefficient (Wildman–Crippen LogP) is 3.70. The van der Waals surface area contributed by atoms with E-state index in [9.17, 15) is 9.50 Å². The van der Waals surface area contributed by atoms with Crippen molar-refractivity contribution in [3.05, 3.63) is 58.9 Å². The maximum absolute atomic E-state index is 13.6. The van der Waals surface area contributed by atoms with Crippen LogP contribution in [0, 0.1) is 12.7 Å². The average molecular weight is 289 g/mol. The van der Waals surface area contributed by atoms with Crippen molar-refractivity contribution in [3.8, 4) is 11.5 Å². The number of halogens is 1. The maximum Gasteiger partial charge on any atom is 0.160 e. The Balaban J connectivity index is 2.03.